The number of hydrogen-bond donors (Lipinski definition) is 1. The molecule has 0 aliphatic heterocycles. The highest BCUT2D eigenvalue weighted by molar-refractivity contribution is 7.16. The summed E-state index contributed by atoms with van der Waals surface area (Å²) in [4.78, 5) is 22.7. The lowest BCUT2D eigenvalue weighted by molar-refractivity contribution is 0.0753. The molecule has 21 heavy (non-hydrogen) atoms. The van der Waals surface area contributed by atoms with Crippen molar-refractivity contribution in [1.29, 1.82) is 0 Å². The number of aromatic nitrogens is 2. The molecule has 2 rings (SSSR count). The first-order valence-electron chi connectivity index (χ1n) is 5.97. The molecular weight excluding hydrogens is 331 g/mol. The van der Waals surface area contributed by atoms with Gasteiger partial charge in [-0.05, 0) is 19.1 Å². The van der Waals surface area contributed by atoms with Crippen LogP contribution < -0.4 is 5.73 Å². The number of hydrogen-bond acceptors (Lipinski definition) is 5. The topological polar surface area (TPSA) is 72.1 Å². The Labute approximate surface area is 140 Å². The van der Waals surface area contributed by atoms with Crippen molar-refractivity contribution in [1.82, 2.24) is 14.9 Å². The standard InChI is InChI=1S/C13H16N4OS.2ClH/c1-9(7-14)17(2)13(18)11-8-16-12(19-11)10-3-5-15-6-4-10;;/h3-6,8-9H,7,14H2,1-2H3;2*1H. The van der Waals surface area contributed by atoms with E-state index in [0.29, 0.717) is 11.4 Å². The predicted molar refractivity (Wildman–Crippen MR) is 90.5 cm³/mol. The Balaban J connectivity index is 0.00000200. The Kier molecular flexibility index (Phi) is 8.43. The molecular formula is C13H18Cl2N4OS. The summed E-state index contributed by atoms with van der Waals surface area (Å²) in [5, 5.41) is 0.819. The number of thiazole rings is 1. The summed E-state index contributed by atoms with van der Waals surface area (Å²) in [5.74, 6) is -0.0456. The molecule has 0 saturated heterocycles. The molecule has 2 N–H and O–H groups in total. The van der Waals surface area contributed by atoms with Gasteiger partial charge in [-0.3, -0.25) is 9.78 Å². The van der Waals surface area contributed by atoms with Gasteiger partial charge in [-0.25, -0.2) is 4.98 Å². The normalized spacial score (nSPS) is 11.0. The number of pyridine rings is 1. The van der Waals surface area contributed by atoms with Crippen LogP contribution in [0.4, 0.5) is 0 Å². The van der Waals surface area contributed by atoms with E-state index in [2.05, 4.69) is 9.97 Å². The van der Waals surface area contributed by atoms with Crippen molar-refractivity contribution < 1.29 is 4.79 Å². The van der Waals surface area contributed by atoms with Gasteiger partial charge in [0.05, 0.1) is 6.20 Å². The minimum atomic E-state index is -0.0456. The van der Waals surface area contributed by atoms with Crippen molar-refractivity contribution in [2.24, 2.45) is 5.73 Å². The molecule has 1 amide bonds. The van der Waals surface area contributed by atoms with Crippen LogP contribution in [0.15, 0.2) is 30.7 Å². The molecule has 0 saturated carbocycles. The van der Waals surface area contributed by atoms with Gasteiger partial charge in [0.25, 0.3) is 5.91 Å². The summed E-state index contributed by atoms with van der Waals surface area (Å²) in [5.41, 5.74) is 6.54. The van der Waals surface area contributed by atoms with Crippen LogP contribution in [0.2, 0.25) is 0 Å². The Hall–Kier alpha value is -1.21. The minimum Gasteiger partial charge on any atom is -0.337 e. The van der Waals surface area contributed by atoms with E-state index in [0.717, 1.165) is 10.6 Å². The number of likely N-dealkylation sites (N-methyl/N-ethyl adjacent to an activating group) is 1. The molecule has 5 nitrogen and oxygen atoms in total. The van der Waals surface area contributed by atoms with E-state index in [1.165, 1.54) is 11.3 Å². The Bertz CT molecular complexity index is 564. The van der Waals surface area contributed by atoms with Crippen LogP contribution in [-0.2, 0) is 0 Å². The second-order valence-corrected chi connectivity index (χ2v) is 5.30. The van der Waals surface area contributed by atoms with Gasteiger partial charge in [0.2, 0.25) is 0 Å². The van der Waals surface area contributed by atoms with E-state index in [1.54, 1.807) is 30.5 Å². The summed E-state index contributed by atoms with van der Waals surface area (Å²) in [6.07, 6.45) is 5.03. The smallest absolute Gasteiger partial charge is 0.265 e. The van der Waals surface area contributed by atoms with Crippen LogP contribution >= 0.6 is 36.2 Å². The number of nitrogens with zero attached hydrogens (tertiary/aromatic N) is 3. The maximum atomic E-state index is 12.2. The lowest BCUT2D eigenvalue weighted by atomic mass is 10.3. The first-order valence-corrected chi connectivity index (χ1v) is 6.78. The quantitative estimate of drug-likeness (QED) is 0.920. The van der Waals surface area contributed by atoms with Crippen LogP contribution in [0.3, 0.4) is 0 Å². The van der Waals surface area contributed by atoms with Crippen LogP contribution in [0.5, 0.6) is 0 Å². The molecule has 0 spiro atoms. The molecule has 0 fully saturated rings. The molecule has 2 aromatic heterocycles. The number of carbonyl (C=O) groups is 1. The van der Waals surface area contributed by atoms with Crippen LogP contribution in [0.1, 0.15) is 16.6 Å². The highest BCUT2D eigenvalue weighted by Gasteiger charge is 2.19. The maximum absolute atomic E-state index is 12.2. The van der Waals surface area contributed by atoms with E-state index in [9.17, 15) is 4.79 Å². The molecule has 1 unspecified atom stereocenters. The zero-order chi connectivity index (χ0) is 13.8. The second-order valence-electron chi connectivity index (χ2n) is 4.27. The lowest BCUT2D eigenvalue weighted by Gasteiger charge is -2.22. The monoisotopic (exact) mass is 348 g/mol. The van der Waals surface area contributed by atoms with E-state index >= 15 is 0 Å². The van der Waals surface area contributed by atoms with E-state index in [4.69, 9.17) is 5.73 Å². The molecule has 116 valence electrons. The molecule has 2 aromatic rings. The molecule has 0 radical (unpaired) electrons. The van der Waals surface area contributed by atoms with Crippen LogP contribution in [0.25, 0.3) is 10.6 Å². The van der Waals surface area contributed by atoms with Crippen molar-refractivity contribution in [3.8, 4) is 10.6 Å². The minimum absolute atomic E-state index is 0. The van der Waals surface area contributed by atoms with Crippen LogP contribution in [-0.4, -0.2) is 40.4 Å². The highest BCUT2D eigenvalue weighted by atomic mass is 35.5. The summed E-state index contributed by atoms with van der Waals surface area (Å²) in [6.45, 7) is 2.36. The second kappa shape index (κ2) is 8.94. The highest BCUT2D eigenvalue weighted by Crippen LogP contribution is 2.25. The maximum Gasteiger partial charge on any atom is 0.265 e. The van der Waals surface area contributed by atoms with Gasteiger partial charge < -0.3 is 10.6 Å². The Morgan fingerprint density at radius 3 is 2.57 bits per heavy atom. The van der Waals surface area contributed by atoms with Crippen molar-refractivity contribution in [3.63, 3.8) is 0 Å². The third-order valence-electron chi connectivity index (χ3n) is 2.97. The summed E-state index contributed by atoms with van der Waals surface area (Å²) in [7, 11) is 1.76. The van der Waals surface area contributed by atoms with Gasteiger partial charge in [0.15, 0.2) is 0 Å². The zero-order valence-corrected chi connectivity index (χ0v) is 14.2. The number of rotatable bonds is 4. The zero-order valence-electron chi connectivity index (χ0n) is 11.7. The summed E-state index contributed by atoms with van der Waals surface area (Å²) < 4.78 is 0. The fourth-order valence-electron chi connectivity index (χ4n) is 1.53. The Morgan fingerprint density at radius 2 is 2.00 bits per heavy atom. The average Bonchev–Trinajstić information content (AvgIpc) is 2.95. The molecule has 0 aromatic carbocycles. The molecule has 0 aliphatic rings. The molecule has 1 atom stereocenters. The first-order chi connectivity index (χ1) is 9.13. The van der Waals surface area contributed by atoms with Gasteiger partial charge in [-0.2, -0.15) is 0 Å². The van der Waals surface area contributed by atoms with Crippen molar-refractivity contribution in [2.75, 3.05) is 13.6 Å². The fourth-order valence-corrected chi connectivity index (χ4v) is 2.44. The average molecular weight is 349 g/mol. The predicted octanol–water partition coefficient (Wildman–Crippen LogP) is 2.47. The number of carbonyl (C=O) groups excluding carboxylic acids is 1. The molecule has 8 heteroatoms. The van der Waals surface area contributed by atoms with Gasteiger partial charge in [-0.1, -0.05) is 0 Å². The van der Waals surface area contributed by atoms with E-state index in [1.807, 2.05) is 19.1 Å². The van der Waals surface area contributed by atoms with Gasteiger partial charge in [0, 0.05) is 37.6 Å². The van der Waals surface area contributed by atoms with Gasteiger partial charge in [-0.15, -0.1) is 36.2 Å². The molecule has 0 bridgehead atoms. The van der Waals surface area contributed by atoms with Crippen molar-refractivity contribution in [3.05, 3.63) is 35.6 Å². The molecule has 2 heterocycles. The lowest BCUT2D eigenvalue weighted by Crippen LogP contribution is -2.39. The third kappa shape index (κ3) is 4.64. The summed E-state index contributed by atoms with van der Waals surface area (Å²) in [6, 6.07) is 3.76. The largest absolute Gasteiger partial charge is 0.337 e. The Morgan fingerprint density at radius 1 is 1.38 bits per heavy atom. The SMILES string of the molecule is CC(CN)N(C)C(=O)c1cnc(-c2ccncc2)s1.Cl.Cl. The van der Waals surface area contributed by atoms with E-state index in [-0.39, 0.29) is 36.8 Å². The number of amides is 1. The van der Waals surface area contributed by atoms with Crippen molar-refractivity contribution >= 4 is 42.1 Å². The van der Waals surface area contributed by atoms with Gasteiger partial charge in [0.1, 0.15) is 9.88 Å². The number of nitrogens with two attached hydrogens (primary N) is 1. The summed E-state index contributed by atoms with van der Waals surface area (Å²) >= 11 is 1.38. The fraction of sp³-hybridized carbons (Fsp3) is 0.308. The first kappa shape index (κ1) is 19.8. The third-order valence-corrected chi connectivity index (χ3v) is 4.00. The van der Waals surface area contributed by atoms with Crippen molar-refractivity contribution in [2.45, 2.75) is 13.0 Å². The number of halogens is 2. The molecule has 0 aliphatic carbocycles. The van der Waals surface area contributed by atoms with E-state index < -0.39 is 0 Å². The van der Waals surface area contributed by atoms with Gasteiger partial charge >= 0.3 is 0 Å². The van der Waals surface area contributed by atoms with Crippen LogP contribution in [0, 0.1) is 0 Å².